The van der Waals surface area contributed by atoms with E-state index in [2.05, 4.69) is 11.1 Å². The largest absolute Gasteiger partial charge is 0.361 e. The van der Waals surface area contributed by atoms with Crippen LogP contribution in [-0.4, -0.2) is 11.3 Å². The van der Waals surface area contributed by atoms with Crippen molar-refractivity contribution in [3.8, 4) is 0 Å². The van der Waals surface area contributed by atoms with Crippen molar-refractivity contribution in [3.05, 3.63) is 41.6 Å². The van der Waals surface area contributed by atoms with Crippen LogP contribution in [0.4, 0.5) is 0 Å². The van der Waals surface area contributed by atoms with Gasteiger partial charge < -0.3 is 4.98 Å². The minimum absolute atomic E-state index is 0.256. The third-order valence-corrected chi connectivity index (χ3v) is 2.75. The lowest BCUT2D eigenvalue weighted by Gasteiger charge is -2.02. The van der Waals surface area contributed by atoms with Crippen molar-refractivity contribution < 1.29 is 4.79 Å². The van der Waals surface area contributed by atoms with E-state index in [4.69, 9.17) is 0 Å². The van der Waals surface area contributed by atoms with Crippen LogP contribution in [0.1, 0.15) is 19.4 Å². The first-order chi connectivity index (χ1) is 7.72. The monoisotopic (exact) mass is 213 g/mol. The number of rotatable bonds is 3. The Morgan fingerprint density at radius 3 is 2.75 bits per heavy atom. The number of aromatic amines is 1. The SMILES string of the molecule is CC(C)C(C=O)=Cc1c[nH]c2ccccc12. The van der Waals surface area contributed by atoms with Crippen LogP contribution < -0.4 is 0 Å². The zero-order valence-corrected chi connectivity index (χ0v) is 9.53. The summed E-state index contributed by atoms with van der Waals surface area (Å²) in [6.45, 7) is 4.05. The summed E-state index contributed by atoms with van der Waals surface area (Å²) >= 11 is 0. The Hall–Kier alpha value is -1.83. The first-order valence-corrected chi connectivity index (χ1v) is 5.45. The van der Waals surface area contributed by atoms with Crippen LogP contribution >= 0.6 is 0 Å². The topological polar surface area (TPSA) is 32.9 Å². The van der Waals surface area contributed by atoms with E-state index in [1.54, 1.807) is 0 Å². The number of aromatic nitrogens is 1. The quantitative estimate of drug-likeness (QED) is 0.615. The van der Waals surface area contributed by atoms with Crippen molar-refractivity contribution >= 4 is 23.3 Å². The van der Waals surface area contributed by atoms with Crippen molar-refractivity contribution in [1.29, 1.82) is 0 Å². The van der Waals surface area contributed by atoms with Crippen LogP contribution in [0.5, 0.6) is 0 Å². The maximum atomic E-state index is 10.9. The second kappa shape index (κ2) is 4.35. The van der Waals surface area contributed by atoms with Crippen LogP contribution in [0.15, 0.2) is 36.0 Å². The van der Waals surface area contributed by atoms with Gasteiger partial charge in [-0.2, -0.15) is 0 Å². The molecule has 2 heteroatoms. The summed E-state index contributed by atoms with van der Waals surface area (Å²) in [5, 5.41) is 1.16. The number of carbonyl (C=O) groups excluding carboxylic acids is 1. The highest BCUT2D eigenvalue weighted by atomic mass is 16.1. The van der Waals surface area contributed by atoms with Gasteiger partial charge in [-0.15, -0.1) is 0 Å². The van der Waals surface area contributed by atoms with E-state index in [0.717, 1.165) is 28.3 Å². The average Bonchev–Trinajstić information content (AvgIpc) is 2.69. The van der Waals surface area contributed by atoms with Gasteiger partial charge in [0.15, 0.2) is 0 Å². The van der Waals surface area contributed by atoms with Gasteiger partial charge in [-0.25, -0.2) is 0 Å². The molecule has 0 atom stereocenters. The molecule has 0 fully saturated rings. The number of fused-ring (bicyclic) bond motifs is 1. The molecule has 0 aliphatic heterocycles. The third kappa shape index (κ3) is 1.91. The summed E-state index contributed by atoms with van der Waals surface area (Å²) in [5.74, 6) is 0.256. The summed E-state index contributed by atoms with van der Waals surface area (Å²) in [5.41, 5.74) is 3.00. The predicted molar refractivity (Wildman–Crippen MR) is 67.2 cm³/mol. The van der Waals surface area contributed by atoms with E-state index in [-0.39, 0.29) is 5.92 Å². The molecule has 1 aromatic carbocycles. The molecule has 0 radical (unpaired) electrons. The standard InChI is InChI=1S/C14H15NO/c1-10(2)12(9-16)7-11-8-15-14-6-4-3-5-13(11)14/h3-10,15H,1-2H3. The fraction of sp³-hybridized carbons (Fsp3) is 0.214. The minimum atomic E-state index is 0.256. The fourth-order valence-electron chi connectivity index (χ4n) is 1.73. The Kier molecular flexibility index (Phi) is 2.91. The smallest absolute Gasteiger partial charge is 0.146 e. The molecule has 1 aromatic heterocycles. The molecule has 0 bridgehead atoms. The van der Waals surface area contributed by atoms with E-state index in [1.165, 1.54) is 0 Å². The number of nitrogens with one attached hydrogen (secondary N) is 1. The van der Waals surface area contributed by atoms with E-state index < -0.39 is 0 Å². The molecular formula is C14H15NO. The molecule has 0 aliphatic carbocycles. The minimum Gasteiger partial charge on any atom is -0.361 e. The summed E-state index contributed by atoms with van der Waals surface area (Å²) in [7, 11) is 0. The van der Waals surface area contributed by atoms with Gasteiger partial charge in [0.25, 0.3) is 0 Å². The highest BCUT2D eigenvalue weighted by Crippen LogP contribution is 2.21. The number of benzene rings is 1. The highest BCUT2D eigenvalue weighted by Gasteiger charge is 2.04. The van der Waals surface area contributed by atoms with Gasteiger partial charge in [-0.05, 0) is 23.6 Å². The second-order valence-corrected chi connectivity index (χ2v) is 4.21. The number of aldehydes is 1. The van der Waals surface area contributed by atoms with Crippen molar-refractivity contribution in [3.63, 3.8) is 0 Å². The van der Waals surface area contributed by atoms with Gasteiger partial charge >= 0.3 is 0 Å². The molecular weight excluding hydrogens is 198 g/mol. The fourth-order valence-corrected chi connectivity index (χ4v) is 1.73. The average molecular weight is 213 g/mol. The van der Waals surface area contributed by atoms with E-state index in [0.29, 0.717) is 0 Å². The molecule has 2 nitrogen and oxygen atoms in total. The molecule has 1 heterocycles. The highest BCUT2D eigenvalue weighted by molar-refractivity contribution is 5.93. The summed E-state index contributed by atoms with van der Waals surface area (Å²) < 4.78 is 0. The van der Waals surface area contributed by atoms with Crippen molar-refractivity contribution in [2.45, 2.75) is 13.8 Å². The lowest BCUT2D eigenvalue weighted by Crippen LogP contribution is -1.94. The molecule has 0 unspecified atom stereocenters. The maximum Gasteiger partial charge on any atom is 0.146 e. The van der Waals surface area contributed by atoms with E-state index in [9.17, 15) is 4.79 Å². The number of hydrogen-bond acceptors (Lipinski definition) is 1. The molecule has 82 valence electrons. The van der Waals surface area contributed by atoms with Gasteiger partial charge in [0.2, 0.25) is 0 Å². The molecule has 16 heavy (non-hydrogen) atoms. The zero-order chi connectivity index (χ0) is 11.5. The molecule has 0 aliphatic rings. The van der Waals surface area contributed by atoms with Crippen molar-refractivity contribution in [2.24, 2.45) is 5.92 Å². The number of allylic oxidation sites excluding steroid dienone is 1. The Bertz CT molecular complexity index is 534. The predicted octanol–water partition coefficient (Wildman–Crippen LogP) is 3.41. The lowest BCUT2D eigenvalue weighted by molar-refractivity contribution is -0.105. The number of hydrogen-bond donors (Lipinski definition) is 1. The number of para-hydroxylation sites is 1. The molecule has 0 amide bonds. The third-order valence-electron chi connectivity index (χ3n) is 2.75. The Labute approximate surface area is 95.0 Å². The van der Waals surface area contributed by atoms with Crippen LogP contribution in [-0.2, 0) is 4.79 Å². The summed E-state index contributed by atoms with van der Waals surface area (Å²) in [4.78, 5) is 14.1. The normalized spacial score (nSPS) is 12.3. The van der Waals surface area contributed by atoms with Crippen LogP contribution in [0, 0.1) is 5.92 Å². The van der Waals surface area contributed by atoms with Crippen LogP contribution in [0.25, 0.3) is 17.0 Å². The van der Waals surface area contributed by atoms with Crippen LogP contribution in [0.2, 0.25) is 0 Å². The molecule has 1 N–H and O–H groups in total. The second-order valence-electron chi connectivity index (χ2n) is 4.21. The molecule has 2 aromatic rings. The summed E-state index contributed by atoms with van der Waals surface area (Å²) in [6.07, 6.45) is 4.83. The number of carbonyl (C=O) groups is 1. The molecule has 0 saturated heterocycles. The molecule has 0 saturated carbocycles. The molecule has 2 rings (SSSR count). The van der Waals surface area contributed by atoms with E-state index >= 15 is 0 Å². The zero-order valence-electron chi connectivity index (χ0n) is 9.53. The maximum absolute atomic E-state index is 10.9. The first-order valence-electron chi connectivity index (χ1n) is 5.45. The Morgan fingerprint density at radius 1 is 1.31 bits per heavy atom. The van der Waals surface area contributed by atoms with Gasteiger partial charge in [-0.3, -0.25) is 4.79 Å². The van der Waals surface area contributed by atoms with Gasteiger partial charge in [-0.1, -0.05) is 32.0 Å². The van der Waals surface area contributed by atoms with Gasteiger partial charge in [0.1, 0.15) is 6.29 Å². The Balaban J connectivity index is 2.52. The van der Waals surface area contributed by atoms with Gasteiger partial charge in [0.05, 0.1) is 0 Å². The first kappa shape index (κ1) is 10.7. The van der Waals surface area contributed by atoms with Crippen molar-refractivity contribution in [2.75, 3.05) is 0 Å². The molecule has 0 spiro atoms. The van der Waals surface area contributed by atoms with Crippen molar-refractivity contribution in [1.82, 2.24) is 4.98 Å². The van der Waals surface area contributed by atoms with Gasteiger partial charge in [0, 0.05) is 22.7 Å². The van der Waals surface area contributed by atoms with E-state index in [1.807, 2.05) is 44.3 Å². The Morgan fingerprint density at radius 2 is 2.06 bits per heavy atom. The van der Waals surface area contributed by atoms with Crippen LogP contribution in [0.3, 0.4) is 0 Å². The lowest BCUT2D eigenvalue weighted by atomic mass is 10.0. The number of H-pyrrole nitrogens is 1. The summed E-state index contributed by atoms with van der Waals surface area (Å²) in [6, 6.07) is 8.09.